The van der Waals surface area contributed by atoms with Gasteiger partial charge in [-0.05, 0) is 48.0 Å². The molecule has 166 valence electrons. The zero-order valence-electron chi connectivity index (χ0n) is 18.2. The smallest absolute Gasteiger partial charge is 0.308 e. The Labute approximate surface area is 196 Å². The van der Waals surface area contributed by atoms with Crippen LogP contribution in [-0.4, -0.2) is 23.8 Å². The Morgan fingerprint density at radius 1 is 1.03 bits per heavy atom. The van der Waals surface area contributed by atoms with Crippen LogP contribution in [0.3, 0.4) is 0 Å². The van der Waals surface area contributed by atoms with E-state index in [1.165, 1.54) is 13.2 Å². The first-order valence-corrected chi connectivity index (χ1v) is 10.7. The summed E-state index contributed by atoms with van der Waals surface area (Å²) >= 11 is 0. The van der Waals surface area contributed by atoms with Gasteiger partial charge in [0.2, 0.25) is 0 Å². The van der Waals surface area contributed by atoms with Gasteiger partial charge in [-0.3, -0.25) is 9.59 Å². The van der Waals surface area contributed by atoms with Crippen LogP contribution in [-0.2, 0) is 4.79 Å². The number of carbonyl (C=O) groups is 2. The number of anilines is 1. The quantitative estimate of drug-likeness (QED) is 0.328. The minimum Gasteiger partial charge on any atom is -0.469 e. The predicted octanol–water partition coefficient (Wildman–Crippen LogP) is 4.49. The van der Waals surface area contributed by atoms with Crippen LogP contribution in [0, 0.1) is 28.1 Å². The van der Waals surface area contributed by atoms with Crippen LogP contribution in [0.15, 0.2) is 77.4 Å². The molecule has 3 atom stereocenters. The second-order valence-corrected chi connectivity index (χ2v) is 8.28. The molecule has 34 heavy (non-hydrogen) atoms. The second kappa shape index (κ2) is 8.06. The van der Waals surface area contributed by atoms with Crippen LogP contribution in [0.4, 0.5) is 5.69 Å². The van der Waals surface area contributed by atoms with Crippen LogP contribution < -0.4 is 9.64 Å². The van der Waals surface area contributed by atoms with Gasteiger partial charge in [0.05, 0.1) is 30.4 Å². The van der Waals surface area contributed by atoms with Gasteiger partial charge in [-0.1, -0.05) is 30.4 Å². The lowest BCUT2D eigenvalue weighted by molar-refractivity contribution is -0.131. The molecule has 0 unspecified atom stereocenters. The molecule has 2 aliphatic heterocycles. The Kier molecular flexibility index (Phi) is 5.03. The number of fused-ring (bicyclic) bond motifs is 3. The van der Waals surface area contributed by atoms with Crippen molar-refractivity contribution in [2.45, 2.75) is 24.9 Å². The number of hydrogen-bond acceptors (Lipinski definition) is 7. The fourth-order valence-electron chi connectivity index (χ4n) is 5.03. The zero-order chi connectivity index (χ0) is 23.9. The van der Waals surface area contributed by atoms with Gasteiger partial charge in [0.15, 0.2) is 11.2 Å². The van der Waals surface area contributed by atoms with E-state index >= 15 is 0 Å². The van der Waals surface area contributed by atoms with Gasteiger partial charge in [-0.2, -0.15) is 10.5 Å². The van der Waals surface area contributed by atoms with Crippen LogP contribution in [0.5, 0.6) is 5.75 Å². The number of nitriles is 2. The molecule has 1 aromatic heterocycles. The number of ketones is 1. The van der Waals surface area contributed by atoms with Gasteiger partial charge in [0.1, 0.15) is 17.6 Å². The van der Waals surface area contributed by atoms with Crippen molar-refractivity contribution in [2.24, 2.45) is 5.41 Å². The minimum absolute atomic E-state index is 0.266. The number of esters is 1. The highest BCUT2D eigenvalue weighted by Gasteiger charge is 2.64. The molecule has 0 amide bonds. The van der Waals surface area contributed by atoms with Gasteiger partial charge < -0.3 is 14.1 Å². The lowest BCUT2D eigenvalue weighted by Gasteiger charge is -2.35. The van der Waals surface area contributed by atoms with Crippen molar-refractivity contribution >= 4 is 23.5 Å². The van der Waals surface area contributed by atoms with Crippen molar-refractivity contribution in [3.8, 4) is 17.9 Å². The number of furan rings is 1. The Hall–Kier alpha value is -4.62. The molecular weight excluding hydrogens is 430 g/mol. The SMILES string of the molecule is CC(=O)Oc1ccc(C(=O)[C@H]2[C@H](c3ccco3)C(C#N)(C#N)[C@@H]3C=Cc4ccccc4N32)cc1. The van der Waals surface area contributed by atoms with E-state index in [9.17, 15) is 20.1 Å². The first-order valence-electron chi connectivity index (χ1n) is 10.7. The fourth-order valence-corrected chi connectivity index (χ4v) is 5.03. The summed E-state index contributed by atoms with van der Waals surface area (Å²) in [7, 11) is 0. The third-order valence-electron chi connectivity index (χ3n) is 6.43. The maximum absolute atomic E-state index is 14.0. The number of ether oxygens (including phenoxy) is 1. The van der Waals surface area contributed by atoms with Crippen molar-refractivity contribution in [1.82, 2.24) is 0 Å². The van der Waals surface area contributed by atoms with Gasteiger partial charge >= 0.3 is 5.97 Å². The molecule has 0 bridgehead atoms. The average molecular weight is 449 g/mol. The van der Waals surface area contributed by atoms with Crippen molar-refractivity contribution in [1.29, 1.82) is 10.5 Å². The average Bonchev–Trinajstić information content (AvgIpc) is 3.48. The standard InChI is InChI=1S/C27H19N3O4/c1-17(31)34-20-11-8-19(9-12-20)26(32)25-24(22-7-4-14-33-22)27(15-28,16-29)23-13-10-18-5-2-3-6-21(18)30(23)25/h2-14,23-25H,1H3/t23-,24-,25+/m0/s1. The van der Waals surface area contributed by atoms with Gasteiger partial charge in [0.25, 0.3) is 0 Å². The van der Waals surface area contributed by atoms with Gasteiger partial charge in [-0.15, -0.1) is 0 Å². The molecular formula is C27H19N3O4. The van der Waals surface area contributed by atoms with E-state index in [0.717, 1.165) is 11.3 Å². The van der Waals surface area contributed by atoms with E-state index in [1.54, 1.807) is 36.4 Å². The summed E-state index contributed by atoms with van der Waals surface area (Å²) < 4.78 is 10.8. The number of rotatable bonds is 4. The van der Waals surface area contributed by atoms with Crippen LogP contribution in [0.1, 0.15) is 34.5 Å². The number of Topliss-reactive ketones (excluding diaryl/α,β-unsaturated/α-hetero) is 1. The maximum Gasteiger partial charge on any atom is 0.308 e. The molecule has 1 fully saturated rings. The van der Waals surface area contributed by atoms with E-state index < -0.39 is 29.4 Å². The first-order chi connectivity index (χ1) is 16.5. The van der Waals surface area contributed by atoms with E-state index in [2.05, 4.69) is 12.1 Å². The number of carbonyl (C=O) groups excluding carboxylic acids is 2. The summed E-state index contributed by atoms with van der Waals surface area (Å²) in [4.78, 5) is 27.2. The molecule has 0 spiro atoms. The largest absolute Gasteiger partial charge is 0.469 e. The highest BCUT2D eigenvalue weighted by molar-refractivity contribution is 6.04. The molecule has 7 heteroatoms. The summed E-state index contributed by atoms with van der Waals surface area (Å²) in [5.74, 6) is -0.832. The highest BCUT2D eigenvalue weighted by atomic mass is 16.5. The number of hydrogen-bond donors (Lipinski definition) is 0. The maximum atomic E-state index is 14.0. The molecule has 5 rings (SSSR count). The third kappa shape index (κ3) is 3.10. The summed E-state index contributed by atoms with van der Waals surface area (Å²) in [6.07, 6.45) is 5.19. The summed E-state index contributed by atoms with van der Waals surface area (Å²) in [5.41, 5.74) is 0.482. The van der Waals surface area contributed by atoms with Crippen molar-refractivity contribution in [2.75, 3.05) is 4.90 Å². The topological polar surface area (TPSA) is 107 Å². The summed E-state index contributed by atoms with van der Waals surface area (Å²) in [6.45, 7) is 1.30. The van der Waals surface area contributed by atoms with Gasteiger partial charge in [0, 0.05) is 18.2 Å². The van der Waals surface area contributed by atoms with Crippen LogP contribution in [0.25, 0.3) is 6.08 Å². The Morgan fingerprint density at radius 2 is 1.76 bits per heavy atom. The summed E-state index contributed by atoms with van der Waals surface area (Å²) in [6, 6.07) is 20.2. The molecule has 0 N–H and O–H groups in total. The number of benzene rings is 2. The van der Waals surface area contributed by atoms with E-state index in [0.29, 0.717) is 17.1 Å². The monoisotopic (exact) mass is 449 g/mol. The minimum atomic E-state index is -1.56. The summed E-state index contributed by atoms with van der Waals surface area (Å²) in [5, 5.41) is 20.7. The fraction of sp³-hybridized carbons (Fsp3) is 0.185. The van der Waals surface area contributed by atoms with E-state index in [4.69, 9.17) is 9.15 Å². The van der Waals surface area contributed by atoms with Crippen molar-refractivity contribution in [3.63, 3.8) is 0 Å². The van der Waals surface area contributed by atoms with Gasteiger partial charge in [-0.25, -0.2) is 0 Å². The lowest BCUT2D eigenvalue weighted by Crippen LogP contribution is -2.44. The molecule has 3 heterocycles. The predicted molar refractivity (Wildman–Crippen MR) is 123 cm³/mol. The molecule has 2 aromatic carbocycles. The highest BCUT2D eigenvalue weighted by Crippen LogP contribution is 2.55. The molecule has 2 aliphatic rings. The Morgan fingerprint density at radius 3 is 2.41 bits per heavy atom. The lowest BCUT2D eigenvalue weighted by atomic mass is 9.71. The van der Waals surface area contributed by atoms with Crippen molar-refractivity contribution < 1.29 is 18.7 Å². The third-order valence-corrected chi connectivity index (χ3v) is 6.43. The second-order valence-electron chi connectivity index (χ2n) is 8.28. The molecule has 0 aliphatic carbocycles. The Balaban J connectivity index is 1.68. The molecule has 0 saturated carbocycles. The zero-order valence-corrected chi connectivity index (χ0v) is 18.2. The van der Waals surface area contributed by atoms with Crippen LogP contribution >= 0.6 is 0 Å². The number of nitrogens with zero attached hydrogens (tertiary/aromatic N) is 3. The van der Waals surface area contributed by atoms with E-state index in [-0.39, 0.29) is 5.78 Å². The first kappa shape index (κ1) is 21.2. The normalized spacial score (nSPS) is 21.6. The van der Waals surface area contributed by atoms with Crippen molar-refractivity contribution in [3.05, 3.63) is 89.9 Å². The molecule has 3 aromatic rings. The molecule has 0 radical (unpaired) electrons. The molecule has 1 saturated heterocycles. The molecule has 7 nitrogen and oxygen atoms in total. The van der Waals surface area contributed by atoms with E-state index in [1.807, 2.05) is 41.3 Å². The van der Waals surface area contributed by atoms with Crippen LogP contribution in [0.2, 0.25) is 0 Å². The Bertz CT molecular complexity index is 1360. The number of para-hydroxylation sites is 1.